The lowest BCUT2D eigenvalue weighted by Gasteiger charge is -2.27. The minimum absolute atomic E-state index is 0.0644. The Bertz CT molecular complexity index is 425. The molecular weight excluding hydrogens is 255 g/mol. The van der Waals surface area contributed by atoms with E-state index in [-0.39, 0.29) is 11.4 Å². The summed E-state index contributed by atoms with van der Waals surface area (Å²) < 4.78 is 37.6. The van der Waals surface area contributed by atoms with Gasteiger partial charge in [0.1, 0.15) is 5.69 Å². The van der Waals surface area contributed by atoms with E-state index >= 15 is 0 Å². The highest BCUT2D eigenvalue weighted by molar-refractivity contribution is 5.26. The molecule has 3 nitrogen and oxygen atoms in total. The molecule has 1 heterocycles. The lowest BCUT2D eigenvalue weighted by molar-refractivity contribution is -0.141. The maximum absolute atomic E-state index is 12.5. The van der Waals surface area contributed by atoms with Crippen LogP contribution in [0.3, 0.4) is 0 Å². The van der Waals surface area contributed by atoms with E-state index in [0.717, 1.165) is 31.5 Å². The van der Waals surface area contributed by atoms with Crippen molar-refractivity contribution in [3.05, 3.63) is 18.0 Å². The van der Waals surface area contributed by atoms with Gasteiger partial charge in [0.2, 0.25) is 5.95 Å². The van der Waals surface area contributed by atoms with Gasteiger partial charge < -0.3 is 5.32 Å². The Hall–Kier alpha value is -1.33. The molecule has 0 aliphatic heterocycles. The Morgan fingerprint density at radius 1 is 1.32 bits per heavy atom. The summed E-state index contributed by atoms with van der Waals surface area (Å²) in [6, 6.07) is 0.885. The first-order valence-electron chi connectivity index (χ1n) is 6.59. The number of anilines is 1. The molecule has 0 unspecified atom stereocenters. The number of alkyl halides is 3. The molecule has 1 N–H and O–H groups in total. The normalized spacial score (nSPS) is 18.5. The number of halogens is 3. The minimum atomic E-state index is -4.42. The van der Waals surface area contributed by atoms with Gasteiger partial charge in [0.15, 0.2) is 0 Å². The van der Waals surface area contributed by atoms with Crippen molar-refractivity contribution in [2.45, 2.75) is 45.2 Å². The summed E-state index contributed by atoms with van der Waals surface area (Å²) >= 11 is 0. The maximum Gasteiger partial charge on any atom is 0.433 e. The zero-order valence-corrected chi connectivity index (χ0v) is 10.9. The predicted molar refractivity (Wildman–Crippen MR) is 66.7 cm³/mol. The molecule has 1 saturated carbocycles. The monoisotopic (exact) mass is 273 g/mol. The van der Waals surface area contributed by atoms with E-state index in [2.05, 4.69) is 22.2 Å². The molecule has 0 saturated heterocycles. The molecule has 106 valence electrons. The van der Waals surface area contributed by atoms with Crippen LogP contribution in [0.5, 0.6) is 0 Å². The molecule has 0 aromatic carbocycles. The standard InChI is InChI=1S/C13H18F3N3/c1-2-12(6-3-4-7-12)9-18-11-17-8-5-10(19-11)13(14,15)16/h5,8H,2-4,6-7,9H2,1H3,(H,17,18,19). The van der Waals surface area contributed by atoms with Crippen LogP contribution < -0.4 is 5.32 Å². The highest BCUT2D eigenvalue weighted by atomic mass is 19.4. The second-order valence-corrected chi connectivity index (χ2v) is 5.18. The van der Waals surface area contributed by atoms with E-state index in [4.69, 9.17) is 0 Å². The fourth-order valence-electron chi connectivity index (χ4n) is 2.65. The predicted octanol–water partition coefficient (Wildman–Crippen LogP) is 3.88. The van der Waals surface area contributed by atoms with Gasteiger partial charge in [-0.1, -0.05) is 19.8 Å². The number of aromatic nitrogens is 2. The summed E-state index contributed by atoms with van der Waals surface area (Å²) in [5.74, 6) is 0.0644. The van der Waals surface area contributed by atoms with Crippen molar-refractivity contribution in [3.8, 4) is 0 Å². The van der Waals surface area contributed by atoms with Crippen molar-refractivity contribution in [2.24, 2.45) is 5.41 Å². The lowest BCUT2D eigenvalue weighted by Crippen LogP contribution is -2.26. The van der Waals surface area contributed by atoms with Crippen molar-refractivity contribution in [1.29, 1.82) is 0 Å². The van der Waals surface area contributed by atoms with E-state index < -0.39 is 11.9 Å². The Balaban J connectivity index is 2.03. The van der Waals surface area contributed by atoms with Crippen molar-refractivity contribution in [2.75, 3.05) is 11.9 Å². The van der Waals surface area contributed by atoms with Crippen LogP contribution in [-0.2, 0) is 6.18 Å². The number of nitrogens with zero attached hydrogens (tertiary/aromatic N) is 2. The molecule has 6 heteroatoms. The fourth-order valence-corrected chi connectivity index (χ4v) is 2.65. The van der Waals surface area contributed by atoms with Crippen LogP contribution in [0.4, 0.5) is 19.1 Å². The summed E-state index contributed by atoms with van der Waals surface area (Å²) in [4.78, 5) is 7.38. The zero-order valence-electron chi connectivity index (χ0n) is 10.9. The molecule has 0 atom stereocenters. The summed E-state index contributed by atoms with van der Waals surface area (Å²) in [6.07, 6.45) is 2.38. The number of rotatable bonds is 4. The second-order valence-electron chi connectivity index (χ2n) is 5.18. The van der Waals surface area contributed by atoms with Crippen molar-refractivity contribution in [3.63, 3.8) is 0 Å². The molecular formula is C13H18F3N3. The van der Waals surface area contributed by atoms with Gasteiger partial charge in [0, 0.05) is 12.7 Å². The van der Waals surface area contributed by atoms with Gasteiger partial charge in [-0.25, -0.2) is 9.97 Å². The quantitative estimate of drug-likeness (QED) is 0.904. The molecule has 1 fully saturated rings. The smallest absolute Gasteiger partial charge is 0.354 e. The fraction of sp³-hybridized carbons (Fsp3) is 0.692. The molecule has 0 bridgehead atoms. The summed E-state index contributed by atoms with van der Waals surface area (Å²) in [6.45, 7) is 2.77. The highest BCUT2D eigenvalue weighted by Gasteiger charge is 2.34. The number of hydrogen-bond acceptors (Lipinski definition) is 3. The van der Waals surface area contributed by atoms with Crippen LogP contribution in [0.15, 0.2) is 12.3 Å². The van der Waals surface area contributed by atoms with Crippen LogP contribution in [0.25, 0.3) is 0 Å². The maximum atomic E-state index is 12.5. The van der Waals surface area contributed by atoms with Crippen LogP contribution >= 0.6 is 0 Å². The average molecular weight is 273 g/mol. The third-order valence-electron chi connectivity index (χ3n) is 3.98. The highest BCUT2D eigenvalue weighted by Crippen LogP contribution is 2.40. The second kappa shape index (κ2) is 5.35. The van der Waals surface area contributed by atoms with Gasteiger partial charge in [0.25, 0.3) is 0 Å². The first-order valence-corrected chi connectivity index (χ1v) is 6.59. The number of nitrogens with one attached hydrogen (secondary N) is 1. The Kier molecular flexibility index (Phi) is 3.96. The van der Waals surface area contributed by atoms with Gasteiger partial charge in [-0.3, -0.25) is 0 Å². The van der Waals surface area contributed by atoms with Gasteiger partial charge in [-0.15, -0.1) is 0 Å². The molecule has 0 spiro atoms. The first kappa shape index (κ1) is 14.1. The van der Waals surface area contributed by atoms with Gasteiger partial charge in [-0.05, 0) is 30.7 Å². The molecule has 0 amide bonds. The van der Waals surface area contributed by atoms with Gasteiger partial charge in [-0.2, -0.15) is 13.2 Å². The van der Waals surface area contributed by atoms with E-state index in [1.54, 1.807) is 0 Å². The SMILES string of the molecule is CCC1(CNc2nccc(C(F)(F)F)n2)CCCC1. The number of hydrogen-bond donors (Lipinski definition) is 1. The Morgan fingerprint density at radius 3 is 2.58 bits per heavy atom. The Labute approximate surface area is 110 Å². The van der Waals surface area contributed by atoms with Crippen LogP contribution in [-0.4, -0.2) is 16.5 Å². The van der Waals surface area contributed by atoms with Crippen molar-refractivity contribution >= 4 is 5.95 Å². The minimum Gasteiger partial charge on any atom is -0.354 e. The van der Waals surface area contributed by atoms with Crippen LogP contribution in [0.2, 0.25) is 0 Å². The van der Waals surface area contributed by atoms with Gasteiger partial charge >= 0.3 is 6.18 Å². The Morgan fingerprint density at radius 2 is 2.00 bits per heavy atom. The van der Waals surface area contributed by atoms with E-state index in [9.17, 15) is 13.2 Å². The summed E-state index contributed by atoms with van der Waals surface area (Å²) in [5.41, 5.74) is -0.709. The van der Waals surface area contributed by atoms with Crippen molar-refractivity contribution < 1.29 is 13.2 Å². The third kappa shape index (κ3) is 3.36. The van der Waals surface area contributed by atoms with E-state index in [0.29, 0.717) is 6.54 Å². The lowest BCUT2D eigenvalue weighted by atomic mass is 9.83. The molecule has 2 rings (SSSR count). The molecule has 19 heavy (non-hydrogen) atoms. The summed E-state index contributed by atoms with van der Waals surface area (Å²) in [5, 5.41) is 2.97. The molecule has 1 aliphatic rings. The zero-order chi connectivity index (χ0) is 13.9. The largest absolute Gasteiger partial charge is 0.433 e. The molecule has 1 aromatic rings. The molecule has 1 aliphatic carbocycles. The van der Waals surface area contributed by atoms with E-state index in [1.807, 2.05) is 0 Å². The average Bonchev–Trinajstić information content (AvgIpc) is 2.85. The first-order chi connectivity index (χ1) is 8.95. The summed E-state index contributed by atoms with van der Waals surface area (Å²) in [7, 11) is 0. The van der Waals surface area contributed by atoms with Crippen molar-refractivity contribution in [1.82, 2.24) is 9.97 Å². The molecule has 0 radical (unpaired) electrons. The van der Waals surface area contributed by atoms with Crippen LogP contribution in [0, 0.1) is 5.41 Å². The van der Waals surface area contributed by atoms with Crippen LogP contribution in [0.1, 0.15) is 44.7 Å². The topological polar surface area (TPSA) is 37.8 Å². The van der Waals surface area contributed by atoms with Gasteiger partial charge in [0.05, 0.1) is 0 Å². The molecule has 1 aromatic heterocycles. The third-order valence-corrected chi connectivity index (χ3v) is 3.98. The van der Waals surface area contributed by atoms with E-state index in [1.165, 1.54) is 12.8 Å².